The molecule has 56 valence electrons. The smallest absolute Gasteiger partial charge is 0.161 e. The van der Waals surface area contributed by atoms with Crippen molar-refractivity contribution in [3.63, 3.8) is 0 Å². The fourth-order valence-electron chi connectivity index (χ4n) is 0.615. The van der Waals surface area contributed by atoms with E-state index in [-0.39, 0.29) is 0 Å². The number of anilines is 1. The van der Waals surface area contributed by atoms with Gasteiger partial charge in [0.2, 0.25) is 0 Å². The summed E-state index contributed by atoms with van der Waals surface area (Å²) in [5.41, 5.74) is 6.52. The average Bonchev–Trinajstić information content (AvgIpc) is 2.03. The quantitative estimate of drug-likeness (QED) is 0.493. The SMILES string of the molecule is Nc1ccncc1N=CC=O. The number of nitrogens with zero attached hydrogens (tertiary/aromatic N) is 2. The van der Waals surface area contributed by atoms with E-state index in [4.69, 9.17) is 5.73 Å². The maximum Gasteiger partial charge on any atom is 0.161 e. The fraction of sp³-hybridized carbons (Fsp3) is 0. The lowest BCUT2D eigenvalue weighted by molar-refractivity contribution is -0.102. The lowest BCUT2D eigenvalue weighted by Crippen LogP contribution is -1.85. The van der Waals surface area contributed by atoms with E-state index >= 15 is 0 Å². The molecule has 0 unspecified atom stereocenters. The first kappa shape index (κ1) is 7.40. The van der Waals surface area contributed by atoms with Crippen molar-refractivity contribution >= 4 is 23.9 Å². The van der Waals surface area contributed by atoms with Crippen molar-refractivity contribution in [2.75, 3.05) is 5.73 Å². The Balaban J connectivity index is 2.94. The van der Waals surface area contributed by atoms with Gasteiger partial charge in [-0.1, -0.05) is 0 Å². The number of hydrogen-bond donors (Lipinski definition) is 1. The second-order valence-electron chi connectivity index (χ2n) is 1.85. The van der Waals surface area contributed by atoms with E-state index in [1.807, 2.05) is 0 Å². The third-order valence-corrected chi connectivity index (χ3v) is 1.11. The van der Waals surface area contributed by atoms with Crippen LogP contribution in [0.15, 0.2) is 23.5 Å². The van der Waals surface area contributed by atoms with Crippen LogP contribution < -0.4 is 5.73 Å². The van der Waals surface area contributed by atoms with Crippen LogP contribution in [0.4, 0.5) is 11.4 Å². The van der Waals surface area contributed by atoms with E-state index in [1.165, 1.54) is 6.20 Å². The highest BCUT2D eigenvalue weighted by Crippen LogP contribution is 2.17. The van der Waals surface area contributed by atoms with Crippen LogP contribution in [0.3, 0.4) is 0 Å². The van der Waals surface area contributed by atoms with Gasteiger partial charge >= 0.3 is 0 Å². The van der Waals surface area contributed by atoms with E-state index in [1.54, 1.807) is 12.3 Å². The summed E-state index contributed by atoms with van der Waals surface area (Å²) < 4.78 is 0. The topological polar surface area (TPSA) is 68.3 Å². The molecular formula is C7H7N3O. The highest BCUT2D eigenvalue weighted by Gasteiger charge is 1.91. The number of nitrogen functional groups attached to an aromatic ring is 1. The van der Waals surface area contributed by atoms with Crippen LogP contribution in [-0.2, 0) is 4.79 Å². The molecule has 0 fully saturated rings. The maximum absolute atomic E-state index is 9.88. The summed E-state index contributed by atoms with van der Waals surface area (Å²) >= 11 is 0. The first-order chi connectivity index (χ1) is 5.34. The largest absolute Gasteiger partial charge is 0.397 e. The molecule has 0 atom stereocenters. The minimum atomic E-state index is 0.512. The number of pyridine rings is 1. The van der Waals surface area contributed by atoms with Crippen molar-refractivity contribution in [2.45, 2.75) is 0 Å². The molecule has 2 N–H and O–H groups in total. The van der Waals surface area contributed by atoms with Crippen molar-refractivity contribution in [2.24, 2.45) is 4.99 Å². The van der Waals surface area contributed by atoms with Crippen molar-refractivity contribution in [1.82, 2.24) is 4.98 Å². The van der Waals surface area contributed by atoms with Crippen LogP contribution >= 0.6 is 0 Å². The molecular weight excluding hydrogens is 142 g/mol. The number of hydrogen-bond acceptors (Lipinski definition) is 4. The van der Waals surface area contributed by atoms with Gasteiger partial charge in [0, 0.05) is 6.20 Å². The Labute approximate surface area is 63.8 Å². The van der Waals surface area contributed by atoms with Gasteiger partial charge < -0.3 is 5.73 Å². The Morgan fingerprint density at radius 2 is 2.45 bits per heavy atom. The number of carbonyl (C=O) groups excluding carboxylic acids is 1. The number of aldehydes is 1. The lowest BCUT2D eigenvalue weighted by atomic mass is 10.4. The zero-order chi connectivity index (χ0) is 8.10. The van der Waals surface area contributed by atoms with Crippen LogP contribution in [-0.4, -0.2) is 17.5 Å². The van der Waals surface area contributed by atoms with Gasteiger partial charge in [-0.2, -0.15) is 0 Å². The minimum Gasteiger partial charge on any atom is -0.397 e. The van der Waals surface area contributed by atoms with Gasteiger partial charge in [-0.3, -0.25) is 9.78 Å². The molecule has 0 bridgehead atoms. The van der Waals surface area contributed by atoms with Crippen molar-refractivity contribution in [3.05, 3.63) is 18.5 Å². The second-order valence-corrected chi connectivity index (χ2v) is 1.85. The fourth-order valence-corrected chi connectivity index (χ4v) is 0.615. The van der Waals surface area contributed by atoms with Crippen molar-refractivity contribution in [3.8, 4) is 0 Å². The summed E-state index contributed by atoms with van der Waals surface area (Å²) in [5.74, 6) is 0. The zero-order valence-electron chi connectivity index (χ0n) is 5.77. The van der Waals surface area contributed by atoms with E-state index < -0.39 is 0 Å². The van der Waals surface area contributed by atoms with E-state index in [0.29, 0.717) is 17.7 Å². The number of aromatic nitrogens is 1. The predicted molar refractivity (Wildman–Crippen MR) is 42.9 cm³/mol. The third-order valence-electron chi connectivity index (χ3n) is 1.11. The monoisotopic (exact) mass is 149 g/mol. The van der Waals surface area contributed by atoms with Gasteiger partial charge in [0.1, 0.15) is 5.69 Å². The van der Waals surface area contributed by atoms with Crippen molar-refractivity contribution < 1.29 is 4.79 Å². The van der Waals surface area contributed by atoms with Crippen LogP contribution in [0.5, 0.6) is 0 Å². The van der Waals surface area contributed by atoms with Gasteiger partial charge in [0.25, 0.3) is 0 Å². The molecule has 0 saturated carbocycles. The lowest BCUT2D eigenvalue weighted by Gasteiger charge is -1.94. The van der Waals surface area contributed by atoms with E-state index in [9.17, 15) is 4.79 Å². The second kappa shape index (κ2) is 3.46. The first-order valence-electron chi connectivity index (χ1n) is 3.02. The Kier molecular flexibility index (Phi) is 2.32. The van der Waals surface area contributed by atoms with Crippen LogP contribution in [0, 0.1) is 0 Å². The minimum absolute atomic E-state index is 0.512. The molecule has 4 nitrogen and oxygen atoms in total. The molecule has 0 radical (unpaired) electrons. The summed E-state index contributed by atoms with van der Waals surface area (Å²) in [6.07, 6.45) is 4.78. The van der Waals surface area contributed by atoms with Crippen molar-refractivity contribution in [1.29, 1.82) is 0 Å². The molecule has 0 aliphatic rings. The molecule has 1 heterocycles. The summed E-state index contributed by atoms with van der Waals surface area (Å²) in [5, 5.41) is 0. The van der Waals surface area contributed by atoms with Gasteiger partial charge in [-0.25, -0.2) is 4.99 Å². The molecule has 1 aromatic rings. The normalized spacial score (nSPS) is 10.2. The van der Waals surface area contributed by atoms with Gasteiger partial charge in [0.05, 0.1) is 18.1 Å². The third kappa shape index (κ3) is 1.86. The molecule has 11 heavy (non-hydrogen) atoms. The van der Waals surface area contributed by atoms with E-state index in [0.717, 1.165) is 6.21 Å². The Bertz CT molecular complexity index is 283. The number of nitrogens with two attached hydrogens (primary N) is 1. The van der Waals surface area contributed by atoms with Crippen LogP contribution in [0.25, 0.3) is 0 Å². The number of aliphatic imine (C=N–C) groups is 1. The van der Waals surface area contributed by atoms with Gasteiger partial charge in [-0.05, 0) is 6.07 Å². The molecule has 0 aliphatic heterocycles. The number of rotatable bonds is 2. The summed E-state index contributed by atoms with van der Waals surface area (Å²) in [4.78, 5) is 17.4. The molecule has 0 spiro atoms. The molecule has 0 saturated heterocycles. The zero-order valence-corrected chi connectivity index (χ0v) is 5.77. The molecule has 0 aromatic carbocycles. The molecule has 1 aromatic heterocycles. The molecule has 0 aliphatic carbocycles. The Hall–Kier alpha value is -1.71. The van der Waals surface area contributed by atoms with E-state index in [2.05, 4.69) is 9.98 Å². The molecule has 4 heteroatoms. The summed E-state index contributed by atoms with van der Waals surface area (Å²) in [6.45, 7) is 0. The molecule has 1 rings (SSSR count). The Morgan fingerprint density at radius 3 is 3.09 bits per heavy atom. The van der Waals surface area contributed by atoms with Crippen LogP contribution in [0.1, 0.15) is 0 Å². The number of carbonyl (C=O) groups is 1. The first-order valence-corrected chi connectivity index (χ1v) is 3.02. The Morgan fingerprint density at radius 1 is 1.64 bits per heavy atom. The summed E-state index contributed by atoms with van der Waals surface area (Å²) in [6, 6.07) is 1.62. The van der Waals surface area contributed by atoms with Gasteiger partial charge in [-0.15, -0.1) is 0 Å². The standard InChI is InChI=1S/C7H7N3O/c8-6-1-2-9-5-7(6)10-3-4-11/h1-5H,(H2,8,9). The highest BCUT2D eigenvalue weighted by atomic mass is 16.1. The average molecular weight is 149 g/mol. The maximum atomic E-state index is 9.88. The highest BCUT2D eigenvalue weighted by molar-refractivity contribution is 6.13. The molecule has 0 amide bonds. The predicted octanol–water partition coefficient (Wildman–Crippen LogP) is 0.565. The summed E-state index contributed by atoms with van der Waals surface area (Å²) in [7, 11) is 0. The van der Waals surface area contributed by atoms with Crippen LogP contribution in [0.2, 0.25) is 0 Å². The van der Waals surface area contributed by atoms with Gasteiger partial charge in [0.15, 0.2) is 6.29 Å².